The van der Waals surface area contributed by atoms with Crippen molar-refractivity contribution in [1.82, 2.24) is 0 Å². The number of halogens is 1. The largest absolute Gasteiger partial charge is 0.385 e. The van der Waals surface area contributed by atoms with Crippen molar-refractivity contribution in [2.24, 2.45) is 0 Å². The van der Waals surface area contributed by atoms with Crippen molar-refractivity contribution in [3.8, 4) is 0 Å². The summed E-state index contributed by atoms with van der Waals surface area (Å²) < 4.78 is 18.3. The molecular formula is C12H15FO2S. The lowest BCUT2D eigenvalue weighted by Gasteiger charge is -2.07. The zero-order chi connectivity index (χ0) is 12.0. The molecule has 0 atom stereocenters. The molecule has 4 heteroatoms. The molecule has 0 amide bonds. The smallest absolute Gasteiger partial charge is 0.163 e. The van der Waals surface area contributed by atoms with E-state index in [2.05, 4.69) is 0 Å². The highest BCUT2D eigenvalue weighted by atomic mass is 32.2. The topological polar surface area (TPSA) is 26.3 Å². The molecule has 0 N–H and O–H groups in total. The van der Waals surface area contributed by atoms with Crippen LogP contribution in [0.2, 0.25) is 0 Å². The van der Waals surface area contributed by atoms with Gasteiger partial charge in [-0.05, 0) is 25.5 Å². The van der Waals surface area contributed by atoms with Gasteiger partial charge in [-0.1, -0.05) is 6.07 Å². The Morgan fingerprint density at radius 1 is 1.50 bits per heavy atom. The molecule has 16 heavy (non-hydrogen) atoms. The van der Waals surface area contributed by atoms with Crippen molar-refractivity contribution in [1.29, 1.82) is 0 Å². The number of carbonyl (C=O) groups excluding carboxylic acids is 1. The van der Waals surface area contributed by atoms with Crippen molar-refractivity contribution < 1.29 is 13.9 Å². The molecule has 0 fully saturated rings. The van der Waals surface area contributed by atoms with Gasteiger partial charge >= 0.3 is 0 Å². The minimum Gasteiger partial charge on any atom is -0.385 e. The zero-order valence-electron chi connectivity index (χ0n) is 9.46. The zero-order valence-corrected chi connectivity index (χ0v) is 10.3. The second-order valence-corrected chi connectivity index (χ2v) is 4.50. The van der Waals surface area contributed by atoms with E-state index in [4.69, 9.17) is 4.74 Å². The Bertz CT molecular complexity index is 366. The number of ketones is 1. The summed E-state index contributed by atoms with van der Waals surface area (Å²) in [4.78, 5) is 12.0. The number of ether oxygens (including phenoxy) is 1. The first-order valence-corrected chi connectivity index (χ1v) is 6.06. The predicted octanol–water partition coefficient (Wildman–Crippen LogP) is 3.16. The fraction of sp³-hybridized carbons (Fsp3) is 0.417. The van der Waals surface area contributed by atoms with Crippen molar-refractivity contribution in [3.63, 3.8) is 0 Å². The molecule has 0 saturated carbocycles. The summed E-state index contributed by atoms with van der Waals surface area (Å²) in [5.41, 5.74) is 0.199. The molecule has 0 aliphatic rings. The lowest BCUT2D eigenvalue weighted by Crippen LogP contribution is -2.00. The minimum absolute atomic E-state index is 0.199. The van der Waals surface area contributed by atoms with Gasteiger partial charge in [0.05, 0.1) is 5.56 Å². The van der Waals surface area contributed by atoms with Crippen molar-refractivity contribution >= 4 is 17.5 Å². The first-order chi connectivity index (χ1) is 7.66. The highest BCUT2D eigenvalue weighted by Gasteiger charge is 2.12. The van der Waals surface area contributed by atoms with Crippen LogP contribution in [0.1, 0.15) is 23.7 Å². The molecule has 0 aromatic heterocycles. The lowest BCUT2D eigenvalue weighted by molar-refractivity contribution is 0.101. The van der Waals surface area contributed by atoms with Crippen LogP contribution < -0.4 is 0 Å². The van der Waals surface area contributed by atoms with Crippen LogP contribution in [0.4, 0.5) is 4.39 Å². The molecule has 2 nitrogen and oxygen atoms in total. The SMILES string of the molecule is COCCCSc1cccc(F)c1C(C)=O. The summed E-state index contributed by atoms with van der Waals surface area (Å²) in [6.07, 6.45) is 0.884. The van der Waals surface area contributed by atoms with Crippen LogP contribution in [0, 0.1) is 5.82 Å². The Balaban J connectivity index is 2.71. The molecule has 1 aromatic carbocycles. The van der Waals surface area contributed by atoms with E-state index >= 15 is 0 Å². The van der Waals surface area contributed by atoms with E-state index in [0.29, 0.717) is 11.5 Å². The number of thioether (sulfide) groups is 1. The summed E-state index contributed by atoms with van der Waals surface area (Å²) in [6.45, 7) is 2.06. The Kier molecular flexibility index (Phi) is 5.49. The van der Waals surface area contributed by atoms with Gasteiger partial charge in [0.25, 0.3) is 0 Å². The van der Waals surface area contributed by atoms with Crippen LogP contribution in [0.5, 0.6) is 0 Å². The van der Waals surface area contributed by atoms with E-state index in [1.165, 1.54) is 24.8 Å². The highest BCUT2D eigenvalue weighted by Crippen LogP contribution is 2.25. The molecule has 0 bridgehead atoms. The molecule has 1 aromatic rings. The number of hydrogen-bond donors (Lipinski definition) is 0. The van der Waals surface area contributed by atoms with E-state index in [1.54, 1.807) is 19.2 Å². The van der Waals surface area contributed by atoms with Crippen molar-refractivity contribution in [3.05, 3.63) is 29.6 Å². The van der Waals surface area contributed by atoms with Gasteiger partial charge in [-0.2, -0.15) is 0 Å². The number of rotatable bonds is 6. The van der Waals surface area contributed by atoms with Crippen LogP contribution in [0.15, 0.2) is 23.1 Å². The van der Waals surface area contributed by atoms with Gasteiger partial charge in [0.15, 0.2) is 5.78 Å². The molecule has 1 rings (SSSR count). The van der Waals surface area contributed by atoms with Crippen molar-refractivity contribution in [2.45, 2.75) is 18.2 Å². The third-order valence-electron chi connectivity index (χ3n) is 2.08. The Morgan fingerprint density at radius 3 is 2.88 bits per heavy atom. The van der Waals surface area contributed by atoms with E-state index in [-0.39, 0.29) is 11.3 Å². The second kappa shape index (κ2) is 6.66. The number of Topliss-reactive ketones (excluding diaryl/α,β-unsaturated/α-hetero) is 1. The quantitative estimate of drug-likeness (QED) is 0.435. The Labute approximate surface area is 99.2 Å². The molecule has 0 saturated heterocycles. The highest BCUT2D eigenvalue weighted by molar-refractivity contribution is 7.99. The van der Waals surface area contributed by atoms with E-state index in [1.807, 2.05) is 0 Å². The molecule has 0 radical (unpaired) electrons. The van der Waals surface area contributed by atoms with Gasteiger partial charge in [0.2, 0.25) is 0 Å². The van der Waals surface area contributed by atoms with Crippen LogP contribution in [0.3, 0.4) is 0 Å². The summed E-state index contributed by atoms with van der Waals surface area (Å²) >= 11 is 1.49. The maximum absolute atomic E-state index is 13.4. The van der Waals surface area contributed by atoms with Crippen LogP contribution >= 0.6 is 11.8 Å². The van der Waals surface area contributed by atoms with Crippen molar-refractivity contribution in [2.75, 3.05) is 19.5 Å². The third-order valence-corrected chi connectivity index (χ3v) is 3.22. The summed E-state index contributed by atoms with van der Waals surface area (Å²) in [7, 11) is 1.65. The van der Waals surface area contributed by atoms with E-state index in [9.17, 15) is 9.18 Å². The first-order valence-electron chi connectivity index (χ1n) is 5.08. The van der Waals surface area contributed by atoms with Crippen LogP contribution in [0.25, 0.3) is 0 Å². The standard InChI is InChI=1S/C12H15FO2S/c1-9(14)12-10(13)5-3-6-11(12)16-8-4-7-15-2/h3,5-6H,4,7-8H2,1-2H3. The predicted molar refractivity (Wildman–Crippen MR) is 63.6 cm³/mol. The summed E-state index contributed by atoms with van der Waals surface area (Å²) in [6, 6.07) is 4.72. The minimum atomic E-state index is -0.441. The molecular weight excluding hydrogens is 227 g/mol. The third kappa shape index (κ3) is 3.61. The average Bonchev–Trinajstić information content (AvgIpc) is 2.24. The van der Waals surface area contributed by atoms with E-state index in [0.717, 1.165) is 12.2 Å². The fourth-order valence-electron chi connectivity index (χ4n) is 1.35. The fourth-order valence-corrected chi connectivity index (χ4v) is 2.39. The Hall–Kier alpha value is -0.870. The van der Waals surface area contributed by atoms with Gasteiger partial charge in [-0.15, -0.1) is 11.8 Å². The van der Waals surface area contributed by atoms with Crippen LogP contribution in [-0.2, 0) is 4.74 Å². The van der Waals surface area contributed by atoms with Gasteiger partial charge in [-0.25, -0.2) is 4.39 Å². The average molecular weight is 242 g/mol. The molecule has 0 aliphatic heterocycles. The van der Waals surface area contributed by atoms with Gasteiger partial charge < -0.3 is 4.74 Å². The molecule has 0 spiro atoms. The maximum Gasteiger partial charge on any atom is 0.163 e. The van der Waals surface area contributed by atoms with Crippen LogP contribution in [-0.4, -0.2) is 25.3 Å². The number of carbonyl (C=O) groups is 1. The lowest BCUT2D eigenvalue weighted by atomic mass is 10.1. The maximum atomic E-state index is 13.4. The summed E-state index contributed by atoms with van der Waals surface area (Å²) in [5, 5.41) is 0. The normalized spacial score (nSPS) is 10.4. The van der Waals surface area contributed by atoms with Gasteiger partial charge in [0.1, 0.15) is 5.82 Å². The first kappa shape index (κ1) is 13.2. The van der Waals surface area contributed by atoms with Gasteiger partial charge in [-0.3, -0.25) is 4.79 Å². The van der Waals surface area contributed by atoms with E-state index < -0.39 is 5.82 Å². The Morgan fingerprint density at radius 2 is 2.25 bits per heavy atom. The second-order valence-electron chi connectivity index (χ2n) is 3.36. The molecule has 0 aliphatic carbocycles. The van der Waals surface area contributed by atoms with Gasteiger partial charge in [0, 0.05) is 24.4 Å². The molecule has 88 valence electrons. The number of methoxy groups -OCH3 is 1. The molecule has 0 unspecified atom stereocenters. The molecule has 0 heterocycles. The summed E-state index contributed by atoms with van der Waals surface area (Å²) in [5.74, 6) is 0.147. The number of benzene rings is 1. The number of hydrogen-bond acceptors (Lipinski definition) is 3. The monoisotopic (exact) mass is 242 g/mol.